The van der Waals surface area contributed by atoms with Gasteiger partial charge in [0.15, 0.2) is 12.6 Å². The molecule has 1 amide bonds. The fourth-order valence-electron chi connectivity index (χ4n) is 1.31. The van der Waals surface area contributed by atoms with E-state index in [1.54, 1.807) is 24.3 Å². The molecule has 2 atom stereocenters. The Bertz CT molecular complexity index is 463. The third kappa shape index (κ3) is 4.76. The minimum atomic E-state index is -1.37. The molecule has 0 radical (unpaired) electrons. The summed E-state index contributed by atoms with van der Waals surface area (Å²) in [5.74, 6) is -1.66. The fourth-order valence-corrected chi connectivity index (χ4v) is 1.50. The van der Waals surface area contributed by atoms with Gasteiger partial charge in [-0.05, 0) is 19.1 Å². The van der Waals surface area contributed by atoms with Crippen molar-refractivity contribution >= 4 is 23.5 Å². The van der Waals surface area contributed by atoms with E-state index in [1.807, 2.05) is 0 Å². The summed E-state index contributed by atoms with van der Waals surface area (Å²) in [5, 5.41) is 20.5. The maximum Gasteiger partial charge on any atom is 0.328 e. The first-order chi connectivity index (χ1) is 8.91. The van der Waals surface area contributed by atoms with Gasteiger partial charge in [-0.3, -0.25) is 4.79 Å². The van der Waals surface area contributed by atoms with Gasteiger partial charge < -0.3 is 20.3 Å². The first kappa shape index (κ1) is 15.3. The lowest BCUT2D eigenvalue weighted by atomic mass is 10.2. The van der Waals surface area contributed by atoms with Crippen LogP contribution in [0.2, 0.25) is 5.02 Å². The molecular formula is C12H14ClNO5. The topological polar surface area (TPSA) is 95.9 Å². The van der Waals surface area contributed by atoms with Crippen LogP contribution in [0.4, 0.5) is 0 Å². The molecule has 0 heterocycles. The molecule has 1 rings (SSSR count). The Morgan fingerprint density at radius 1 is 1.42 bits per heavy atom. The summed E-state index contributed by atoms with van der Waals surface area (Å²) < 4.78 is 5.14. The van der Waals surface area contributed by atoms with Crippen molar-refractivity contribution in [1.82, 2.24) is 5.32 Å². The van der Waals surface area contributed by atoms with Gasteiger partial charge >= 0.3 is 5.97 Å². The first-order valence-corrected chi connectivity index (χ1v) is 5.87. The highest BCUT2D eigenvalue weighted by Crippen LogP contribution is 2.22. The van der Waals surface area contributed by atoms with Crippen LogP contribution in [0.25, 0.3) is 0 Å². The standard InChI is InChI=1S/C12H14ClNO5/c1-7(15)11(12(17)18)14-10(16)6-19-9-5-3-2-4-8(9)13/h2-5,7,11,15H,6H2,1H3,(H,14,16)(H,17,18). The van der Waals surface area contributed by atoms with Crippen molar-refractivity contribution in [3.63, 3.8) is 0 Å². The van der Waals surface area contributed by atoms with Crippen molar-refractivity contribution in [3.05, 3.63) is 29.3 Å². The summed E-state index contributed by atoms with van der Waals surface area (Å²) in [6.07, 6.45) is -1.21. The van der Waals surface area contributed by atoms with E-state index in [4.69, 9.17) is 21.4 Å². The molecule has 19 heavy (non-hydrogen) atoms. The summed E-state index contributed by atoms with van der Waals surface area (Å²) in [5.41, 5.74) is 0. The number of para-hydroxylation sites is 1. The zero-order chi connectivity index (χ0) is 14.4. The third-order valence-corrected chi connectivity index (χ3v) is 2.57. The van der Waals surface area contributed by atoms with Gasteiger partial charge in [-0.2, -0.15) is 0 Å². The number of carbonyl (C=O) groups excluding carboxylic acids is 1. The number of amides is 1. The molecular weight excluding hydrogens is 274 g/mol. The molecule has 0 saturated heterocycles. The third-order valence-electron chi connectivity index (χ3n) is 2.26. The molecule has 0 fully saturated rings. The largest absolute Gasteiger partial charge is 0.482 e. The van der Waals surface area contributed by atoms with Crippen molar-refractivity contribution in [2.24, 2.45) is 0 Å². The Hall–Kier alpha value is -1.79. The van der Waals surface area contributed by atoms with Crippen LogP contribution in [-0.2, 0) is 9.59 Å². The van der Waals surface area contributed by atoms with E-state index in [0.29, 0.717) is 10.8 Å². The average molecular weight is 288 g/mol. The maximum atomic E-state index is 11.5. The van der Waals surface area contributed by atoms with Crippen LogP contribution in [0.15, 0.2) is 24.3 Å². The van der Waals surface area contributed by atoms with Crippen molar-refractivity contribution in [2.45, 2.75) is 19.1 Å². The lowest BCUT2D eigenvalue weighted by molar-refractivity contribution is -0.145. The zero-order valence-electron chi connectivity index (χ0n) is 10.2. The van der Waals surface area contributed by atoms with Gasteiger partial charge in [-0.1, -0.05) is 23.7 Å². The summed E-state index contributed by atoms with van der Waals surface area (Å²) in [6, 6.07) is 5.21. The number of halogens is 1. The number of carbonyl (C=O) groups is 2. The second kappa shape index (κ2) is 6.96. The number of ether oxygens (including phenoxy) is 1. The average Bonchev–Trinajstić information content (AvgIpc) is 2.34. The fraction of sp³-hybridized carbons (Fsp3) is 0.333. The van der Waals surface area contributed by atoms with Crippen LogP contribution in [0.3, 0.4) is 0 Å². The summed E-state index contributed by atoms with van der Waals surface area (Å²) >= 11 is 5.82. The minimum absolute atomic E-state index is 0.322. The highest BCUT2D eigenvalue weighted by atomic mass is 35.5. The van der Waals surface area contributed by atoms with Gasteiger partial charge in [0, 0.05) is 0 Å². The SMILES string of the molecule is CC(O)C(NC(=O)COc1ccccc1Cl)C(=O)O. The lowest BCUT2D eigenvalue weighted by Gasteiger charge is -2.17. The van der Waals surface area contributed by atoms with E-state index < -0.39 is 24.0 Å². The van der Waals surface area contributed by atoms with E-state index in [2.05, 4.69) is 5.32 Å². The van der Waals surface area contributed by atoms with Crippen molar-refractivity contribution in [3.8, 4) is 5.75 Å². The molecule has 0 saturated carbocycles. The van der Waals surface area contributed by atoms with Crippen LogP contribution < -0.4 is 10.1 Å². The maximum absolute atomic E-state index is 11.5. The van der Waals surface area contributed by atoms with Crippen molar-refractivity contribution in [2.75, 3.05) is 6.61 Å². The number of carboxylic acid groups (broad SMARTS) is 1. The number of benzene rings is 1. The molecule has 0 spiro atoms. The quantitative estimate of drug-likeness (QED) is 0.715. The van der Waals surface area contributed by atoms with E-state index >= 15 is 0 Å². The number of aliphatic hydroxyl groups excluding tert-OH is 1. The predicted octanol–water partition coefficient (Wildman–Crippen LogP) is 0.669. The van der Waals surface area contributed by atoms with Crippen LogP contribution in [0.5, 0.6) is 5.75 Å². The van der Waals surface area contributed by atoms with Crippen LogP contribution in [0.1, 0.15) is 6.92 Å². The number of carboxylic acids is 1. The second-order valence-electron chi connectivity index (χ2n) is 3.84. The number of rotatable bonds is 6. The summed E-state index contributed by atoms with van der Waals surface area (Å²) in [7, 11) is 0. The van der Waals surface area contributed by atoms with Gasteiger partial charge in [0.1, 0.15) is 5.75 Å². The number of aliphatic carboxylic acids is 1. The Morgan fingerprint density at radius 2 is 2.05 bits per heavy atom. The van der Waals surface area contributed by atoms with Gasteiger partial charge in [0.2, 0.25) is 0 Å². The molecule has 0 aromatic heterocycles. The molecule has 1 aromatic carbocycles. The Kier molecular flexibility index (Phi) is 5.59. The Morgan fingerprint density at radius 3 is 2.58 bits per heavy atom. The Balaban J connectivity index is 2.52. The predicted molar refractivity (Wildman–Crippen MR) is 68.2 cm³/mol. The normalized spacial score (nSPS) is 13.4. The molecule has 2 unspecified atom stereocenters. The van der Waals surface area contributed by atoms with Crippen LogP contribution >= 0.6 is 11.6 Å². The lowest BCUT2D eigenvalue weighted by Crippen LogP contribution is -2.49. The minimum Gasteiger partial charge on any atom is -0.482 e. The van der Waals surface area contributed by atoms with Gasteiger partial charge in [-0.15, -0.1) is 0 Å². The van der Waals surface area contributed by atoms with Gasteiger partial charge in [0.05, 0.1) is 11.1 Å². The molecule has 104 valence electrons. The first-order valence-electron chi connectivity index (χ1n) is 5.49. The molecule has 7 heteroatoms. The Labute approximate surface area is 114 Å². The monoisotopic (exact) mass is 287 g/mol. The number of hydrogen-bond donors (Lipinski definition) is 3. The summed E-state index contributed by atoms with van der Waals surface area (Å²) in [4.78, 5) is 22.3. The highest BCUT2D eigenvalue weighted by Gasteiger charge is 2.25. The molecule has 3 N–H and O–H groups in total. The van der Waals surface area contributed by atoms with Crippen LogP contribution in [0, 0.1) is 0 Å². The molecule has 1 aromatic rings. The highest BCUT2D eigenvalue weighted by molar-refractivity contribution is 6.32. The van der Waals surface area contributed by atoms with E-state index in [0.717, 1.165) is 0 Å². The van der Waals surface area contributed by atoms with E-state index in [1.165, 1.54) is 6.92 Å². The molecule has 0 aliphatic carbocycles. The number of nitrogens with one attached hydrogen (secondary N) is 1. The van der Waals surface area contributed by atoms with Crippen molar-refractivity contribution in [1.29, 1.82) is 0 Å². The smallest absolute Gasteiger partial charge is 0.328 e. The van der Waals surface area contributed by atoms with E-state index in [9.17, 15) is 14.7 Å². The van der Waals surface area contributed by atoms with Crippen LogP contribution in [-0.4, -0.2) is 40.8 Å². The van der Waals surface area contributed by atoms with Gasteiger partial charge in [0.25, 0.3) is 5.91 Å². The summed E-state index contributed by atoms with van der Waals surface area (Å²) in [6.45, 7) is 0.883. The number of aliphatic hydroxyl groups is 1. The zero-order valence-corrected chi connectivity index (χ0v) is 10.9. The van der Waals surface area contributed by atoms with Gasteiger partial charge in [-0.25, -0.2) is 4.79 Å². The molecule has 6 nitrogen and oxygen atoms in total. The molecule has 0 aliphatic heterocycles. The number of hydrogen-bond acceptors (Lipinski definition) is 4. The molecule has 0 bridgehead atoms. The second-order valence-corrected chi connectivity index (χ2v) is 4.25. The van der Waals surface area contributed by atoms with E-state index in [-0.39, 0.29) is 6.61 Å². The van der Waals surface area contributed by atoms with Crippen molar-refractivity contribution < 1.29 is 24.5 Å². The molecule has 0 aliphatic rings.